The van der Waals surface area contributed by atoms with Gasteiger partial charge >= 0.3 is 6.03 Å². The van der Waals surface area contributed by atoms with Crippen molar-refractivity contribution in [3.63, 3.8) is 0 Å². The van der Waals surface area contributed by atoms with Gasteiger partial charge in [0.25, 0.3) is 5.91 Å². The number of nitrogens with one attached hydrogen (secondary N) is 1. The van der Waals surface area contributed by atoms with E-state index in [1.54, 1.807) is 25.3 Å². The zero-order valence-electron chi connectivity index (χ0n) is 11.5. The third-order valence-corrected chi connectivity index (χ3v) is 4.22. The molecule has 0 aliphatic carbocycles. The van der Waals surface area contributed by atoms with Gasteiger partial charge in [0.1, 0.15) is 11.3 Å². The maximum atomic E-state index is 12.5. The average molecular weight is 311 g/mol. The van der Waals surface area contributed by atoms with Crippen LogP contribution in [0.25, 0.3) is 0 Å². The fraction of sp³-hybridized carbons (Fsp3) is 0.429. The van der Waals surface area contributed by atoms with E-state index in [9.17, 15) is 9.59 Å². The van der Waals surface area contributed by atoms with Crippen molar-refractivity contribution in [3.05, 3.63) is 28.8 Å². The summed E-state index contributed by atoms with van der Waals surface area (Å²) in [6.45, 7) is 0.808. The van der Waals surface area contributed by atoms with Crippen molar-refractivity contribution in [2.24, 2.45) is 0 Å². The average Bonchev–Trinajstić information content (AvgIpc) is 3.02. The molecule has 21 heavy (non-hydrogen) atoms. The van der Waals surface area contributed by atoms with Gasteiger partial charge in [-0.25, -0.2) is 4.79 Å². The van der Waals surface area contributed by atoms with Crippen LogP contribution in [0.3, 0.4) is 0 Å². The van der Waals surface area contributed by atoms with Crippen molar-refractivity contribution in [3.8, 4) is 5.75 Å². The zero-order valence-corrected chi connectivity index (χ0v) is 12.3. The first-order valence-electron chi connectivity index (χ1n) is 6.60. The molecule has 0 saturated carbocycles. The van der Waals surface area contributed by atoms with Gasteiger partial charge in [0.15, 0.2) is 0 Å². The number of carbonyl (C=O) groups excluding carboxylic acids is 2. The molecular formula is C14H15ClN2O4. The van der Waals surface area contributed by atoms with Gasteiger partial charge in [-0.05, 0) is 23.8 Å². The molecule has 2 fully saturated rings. The second kappa shape index (κ2) is 5.20. The van der Waals surface area contributed by atoms with Crippen LogP contribution in [0.1, 0.15) is 12.0 Å². The van der Waals surface area contributed by atoms with Gasteiger partial charge in [-0.3, -0.25) is 9.69 Å². The number of amides is 3. The molecule has 1 unspecified atom stereocenters. The number of carbonyl (C=O) groups is 2. The van der Waals surface area contributed by atoms with E-state index in [1.165, 1.54) is 4.90 Å². The molecule has 3 amide bonds. The molecule has 1 spiro atoms. The lowest BCUT2D eigenvalue weighted by molar-refractivity contribution is -0.131. The Bertz CT molecular complexity index is 599. The number of imide groups is 1. The number of halogens is 1. The second-order valence-corrected chi connectivity index (χ2v) is 5.57. The summed E-state index contributed by atoms with van der Waals surface area (Å²) in [5, 5.41) is 3.22. The van der Waals surface area contributed by atoms with Gasteiger partial charge in [-0.1, -0.05) is 11.6 Å². The van der Waals surface area contributed by atoms with Gasteiger partial charge in [0.05, 0.1) is 20.3 Å². The fourth-order valence-corrected chi connectivity index (χ4v) is 2.80. The number of hydrogen-bond donors (Lipinski definition) is 1. The van der Waals surface area contributed by atoms with E-state index in [4.69, 9.17) is 21.1 Å². The van der Waals surface area contributed by atoms with Crippen molar-refractivity contribution in [1.82, 2.24) is 10.2 Å². The number of rotatable bonds is 3. The lowest BCUT2D eigenvalue weighted by atomic mass is 9.99. The Balaban J connectivity index is 1.85. The number of urea groups is 1. The topological polar surface area (TPSA) is 67.9 Å². The fourth-order valence-electron chi connectivity index (χ4n) is 2.62. The Labute approximate surface area is 127 Å². The quantitative estimate of drug-likeness (QED) is 0.860. The van der Waals surface area contributed by atoms with Gasteiger partial charge in [0, 0.05) is 18.1 Å². The molecular weight excluding hydrogens is 296 g/mol. The molecule has 1 aromatic rings. The summed E-state index contributed by atoms with van der Waals surface area (Å²) in [7, 11) is 1.55. The number of methoxy groups -OCH3 is 1. The molecule has 0 aromatic heterocycles. The largest absolute Gasteiger partial charge is 0.497 e. The van der Waals surface area contributed by atoms with Crippen LogP contribution < -0.4 is 10.1 Å². The molecule has 112 valence electrons. The zero-order chi connectivity index (χ0) is 15.0. The van der Waals surface area contributed by atoms with Crippen LogP contribution in [0, 0.1) is 0 Å². The van der Waals surface area contributed by atoms with Gasteiger partial charge in [0.2, 0.25) is 0 Å². The Hall–Kier alpha value is -1.79. The Morgan fingerprint density at radius 3 is 2.95 bits per heavy atom. The normalized spacial score (nSPS) is 24.8. The highest BCUT2D eigenvalue weighted by Crippen LogP contribution is 2.30. The van der Waals surface area contributed by atoms with Crippen LogP contribution in [-0.4, -0.2) is 42.7 Å². The Kier molecular flexibility index (Phi) is 3.51. The first kappa shape index (κ1) is 14.2. The van der Waals surface area contributed by atoms with E-state index >= 15 is 0 Å². The molecule has 1 N–H and O–H groups in total. The predicted molar refractivity (Wildman–Crippen MR) is 75.3 cm³/mol. The van der Waals surface area contributed by atoms with Crippen molar-refractivity contribution in [2.75, 3.05) is 20.3 Å². The van der Waals surface area contributed by atoms with Crippen molar-refractivity contribution in [2.45, 2.75) is 18.5 Å². The van der Waals surface area contributed by atoms with Gasteiger partial charge < -0.3 is 14.8 Å². The highest BCUT2D eigenvalue weighted by molar-refractivity contribution is 6.31. The number of hydrogen-bond acceptors (Lipinski definition) is 4. The van der Waals surface area contributed by atoms with Gasteiger partial charge in [-0.2, -0.15) is 0 Å². The molecule has 2 aliphatic heterocycles. The maximum Gasteiger partial charge on any atom is 0.325 e. The van der Waals surface area contributed by atoms with E-state index in [2.05, 4.69) is 5.32 Å². The van der Waals surface area contributed by atoms with Crippen LogP contribution in [0.15, 0.2) is 18.2 Å². The Morgan fingerprint density at radius 2 is 2.29 bits per heavy atom. The summed E-state index contributed by atoms with van der Waals surface area (Å²) in [5.74, 6) is 0.365. The minimum atomic E-state index is -0.900. The SMILES string of the molecule is COc1ccc(Cl)c(CN2C(=O)NC3(CCOC3)C2=O)c1. The smallest absolute Gasteiger partial charge is 0.325 e. The van der Waals surface area contributed by atoms with Gasteiger partial charge in [-0.15, -0.1) is 0 Å². The third kappa shape index (κ3) is 2.34. The van der Waals surface area contributed by atoms with Crippen molar-refractivity contribution in [1.29, 1.82) is 0 Å². The molecule has 3 rings (SSSR count). The minimum absolute atomic E-state index is 0.114. The van der Waals surface area contributed by atoms with Crippen LogP contribution in [-0.2, 0) is 16.1 Å². The molecule has 1 aromatic carbocycles. The monoisotopic (exact) mass is 310 g/mol. The summed E-state index contributed by atoms with van der Waals surface area (Å²) in [4.78, 5) is 25.8. The predicted octanol–water partition coefficient (Wildman–Crippen LogP) is 1.56. The minimum Gasteiger partial charge on any atom is -0.497 e. The van der Waals surface area contributed by atoms with Crippen molar-refractivity contribution < 1.29 is 19.1 Å². The van der Waals surface area contributed by atoms with E-state index in [-0.39, 0.29) is 19.1 Å². The number of ether oxygens (including phenoxy) is 2. The first-order chi connectivity index (χ1) is 10.1. The highest BCUT2D eigenvalue weighted by atomic mass is 35.5. The Morgan fingerprint density at radius 1 is 1.48 bits per heavy atom. The molecule has 2 aliphatic rings. The standard InChI is InChI=1S/C14H15ClN2O4/c1-20-10-2-3-11(15)9(6-10)7-17-12(18)14(16-13(17)19)4-5-21-8-14/h2-3,6H,4-5,7-8H2,1H3,(H,16,19). The van der Waals surface area contributed by atoms with Crippen LogP contribution in [0.4, 0.5) is 4.79 Å². The van der Waals surface area contributed by atoms with E-state index < -0.39 is 11.6 Å². The van der Waals surface area contributed by atoms with E-state index in [0.717, 1.165) is 0 Å². The molecule has 2 heterocycles. The molecule has 0 radical (unpaired) electrons. The molecule has 1 atom stereocenters. The third-order valence-electron chi connectivity index (χ3n) is 3.85. The summed E-state index contributed by atoms with van der Waals surface area (Å²) in [6, 6.07) is 4.72. The molecule has 0 bridgehead atoms. The summed E-state index contributed by atoms with van der Waals surface area (Å²) >= 11 is 6.13. The van der Waals surface area contributed by atoms with Crippen LogP contribution in [0.2, 0.25) is 5.02 Å². The first-order valence-corrected chi connectivity index (χ1v) is 6.98. The highest BCUT2D eigenvalue weighted by Gasteiger charge is 2.53. The lowest BCUT2D eigenvalue weighted by Gasteiger charge is -2.19. The van der Waals surface area contributed by atoms with E-state index in [1.807, 2.05) is 0 Å². The second-order valence-electron chi connectivity index (χ2n) is 5.16. The van der Waals surface area contributed by atoms with Crippen LogP contribution >= 0.6 is 11.6 Å². The number of benzene rings is 1. The summed E-state index contributed by atoms with van der Waals surface area (Å²) < 4.78 is 10.4. The molecule has 7 heteroatoms. The lowest BCUT2D eigenvalue weighted by Crippen LogP contribution is -2.47. The van der Waals surface area contributed by atoms with Crippen LogP contribution in [0.5, 0.6) is 5.75 Å². The maximum absolute atomic E-state index is 12.5. The van der Waals surface area contributed by atoms with Crippen molar-refractivity contribution >= 4 is 23.5 Å². The molecule has 2 saturated heterocycles. The summed E-state index contributed by atoms with van der Waals surface area (Å²) in [5.41, 5.74) is -0.238. The number of nitrogens with zero attached hydrogens (tertiary/aromatic N) is 1. The summed E-state index contributed by atoms with van der Waals surface area (Å²) in [6.07, 6.45) is 0.500. The molecule has 6 nitrogen and oxygen atoms in total. The van der Waals surface area contributed by atoms with E-state index in [0.29, 0.717) is 29.4 Å².